The van der Waals surface area contributed by atoms with Crippen molar-refractivity contribution in [1.82, 2.24) is 0 Å². The van der Waals surface area contributed by atoms with E-state index in [2.05, 4.69) is 5.32 Å². The molecule has 0 saturated heterocycles. The van der Waals surface area contributed by atoms with Crippen molar-refractivity contribution < 1.29 is 14.3 Å². The average molecular weight is 257 g/mol. The molecule has 1 N–H and O–H groups in total. The van der Waals surface area contributed by atoms with Crippen LogP contribution in [-0.2, 0) is 11.3 Å². The Hall–Kier alpha value is -2.49. The summed E-state index contributed by atoms with van der Waals surface area (Å²) in [5, 5.41) is 3.02. The first-order chi connectivity index (χ1) is 9.28. The summed E-state index contributed by atoms with van der Waals surface area (Å²) in [7, 11) is 1.85. The lowest BCUT2D eigenvalue weighted by atomic mass is 10.2. The van der Waals surface area contributed by atoms with E-state index in [0.29, 0.717) is 5.75 Å². The Morgan fingerprint density at radius 1 is 1.05 bits per heavy atom. The molecule has 0 aromatic heterocycles. The van der Waals surface area contributed by atoms with Crippen LogP contribution in [0.5, 0.6) is 5.75 Å². The molecular formula is C15H15NO3. The highest BCUT2D eigenvalue weighted by molar-refractivity contribution is 5.63. The topological polar surface area (TPSA) is 47.6 Å². The van der Waals surface area contributed by atoms with Gasteiger partial charge in [-0.15, -0.1) is 0 Å². The van der Waals surface area contributed by atoms with Gasteiger partial charge in [0.25, 0.3) is 0 Å². The molecule has 2 rings (SSSR count). The molecule has 0 saturated carbocycles. The molecule has 4 nitrogen and oxygen atoms in total. The molecule has 0 bridgehead atoms. The summed E-state index contributed by atoms with van der Waals surface area (Å²) in [6.07, 6.45) is -0.705. The van der Waals surface area contributed by atoms with Crippen molar-refractivity contribution in [2.24, 2.45) is 0 Å². The molecule has 0 unspecified atom stereocenters. The Bertz CT molecular complexity index is 523. The molecule has 0 amide bonds. The predicted octanol–water partition coefficient (Wildman–Crippen LogP) is 3.44. The monoisotopic (exact) mass is 257 g/mol. The van der Waals surface area contributed by atoms with Gasteiger partial charge in [-0.3, -0.25) is 0 Å². The molecule has 0 fully saturated rings. The smallest absolute Gasteiger partial charge is 0.429 e. The number of hydrogen-bond acceptors (Lipinski definition) is 4. The van der Waals surface area contributed by atoms with Crippen molar-refractivity contribution in [2.75, 3.05) is 12.4 Å². The van der Waals surface area contributed by atoms with Crippen LogP contribution >= 0.6 is 0 Å². The lowest BCUT2D eigenvalue weighted by Gasteiger charge is -2.06. The van der Waals surface area contributed by atoms with Crippen molar-refractivity contribution >= 4 is 11.8 Å². The minimum atomic E-state index is -0.705. The van der Waals surface area contributed by atoms with Gasteiger partial charge in [0.15, 0.2) is 0 Å². The highest BCUT2D eigenvalue weighted by Gasteiger charge is 2.05. The van der Waals surface area contributed by atoms with E-state index in [4.69, 9.17) is 9.47 Å². The third kappa shape index (κ3) is 4.03. The minimum Gasteiger partial charge on any atom is -0.429 e. The lowest BCUT2D eigenvalue weighted by molar-refractivity contribution is 0.0928. The maximum Gasteiger partial charge on any atom is 0.514 e. The highest BCUT2D eigenvalue weighted by atomic mass is 16.7. The van der Waals surface area contributed by atoms with E-state index in [1.807, 2.05) is 37.4 Å². The molecule has 2 aromatic rings. The number of hydrogen-bond donors (Lipinski definition) is 1. The first-order valence-electron chi connectivity index (χ1n) is 5.94. The van der Waals surface area contributed by atoms with Crippen LogP contribution < -0.4 is 10.1 Å². The second-order valence-corrected chi connectivity index (χ2v) is 3.90. The van der Waals surface area contributed by atoms with E-state index in [1.165, 1.54) is 0 Å². The van der Waals surface area contributed by atoms with Gasteiger partial charge in [-0.25, -0.2) is 4.79 Å². The van der Waals surface area contributed by atoms with E-state index in [-0.39, 0.29) is 6.61 Å². The van der Waals surface area contributed by atoms with E-state index in [9.17, 15) is 4.79 Å². The zero-order valence-corrected chi connectivity index (χ0v) is 10.6. The number of nitrogens with one attached hydrogen (secondary N) is 1. The summed E-state index contributed by atoms with van der Waals surface area (Å²) in [5.74, 6) is 0.470. The Morgan fingerprint density at radius 2 is 1.74 bits per heavy atom. The van der Waals surface area contributed by atoms with Crippen LogP contribution in [0.3, 0.4) is 0 Å². The number of carbonyl (C=O) groups is 1. The molecule has 0 aliphatic rings. The molecule has 19 heavy (non-hydrogen) atoms. The average Bonchev–Trinajstić information content (AvgIpc) is 2.47. The summed E-state index contributed by atoms with van der Waals surface area (Å²) in [4.78, 5) is 11.5. The SMILES string of the molecule is CNc1ccc(COC(=O)Oc2ccccc2)cc1. The molecule has 2 aromatic carbocycles. The summed E-state index contributed by atoms with van der Waals surface area (Å²) in [6, 6.07) is 16.4. The van der Waals surface area contributed by atoms with Crippen molar-refractivity contribution in [3.05, 3.63) is 60.2 Å². The third-order valence-corrected chi connectivity index (χ3v) is 2.54. The van der Waals surface area contributed by atoms with Gasteiger partial charge in [-0.05, 0) is 29.8 Å². The van der Waals surface area contributed by atoms with Crippen molar-refractivity contribution in [3.8, 4) is 5.75 Å². The van der Waals surface area contributed by atoms with Gasteiger partial charge in [0.2, 0.25) is 0 Å². The summed E-state index contributed by atoms with van der Waals surface area (Å²) >= 11 is 0. The van der Waals surface area contributed by atoms with Gasteiger partial charge in [-0.1, -0.05) is 30.3 Å². The standard InChI is InChI=1S/C15H15NO3/c1-16-13-9-7-12(8-10-13)11-18-15(17)19-14-5-3-2-4-6-14/h2-10,16H,11H2,1H3. The van der Waals surface area contributed by atoms with Crippen LogP contribution in [0.4, 0.5) is 10.5 Å². The predicted molar refractivity (Wildman–Crippen MR) is 73.2 cm³/mol. The number of para-hydroxylation sites is 1. The van der Waals surface area contributed by atoms with Gasteiger partial charge in [0.05, 0.1) is 0 Å². The second-order valence-electron chi connectivity index (χ2n) is 3.90. The van der Waals surface area contributed by atoms with Gasteiger partial charge in [0.1, 0.15) is 12.4 Å². The molecule has 0 heterocycles. The molecule has 0 atom stereocenters. The van der Waals surface area contributed by atoms with Crippen LogP contribution in [0.25, 0.3) is 0 Å². The van der Waals surface area contributed by atoms with Crippen LogP contribution in [0.15, 0.2) is 54.6 Å². The Morgan fingerprint density at radius 3 is 2.37 bits per heavy atom. The van der Waals surface area contributed by atoms with Crippen molar-refractivity contribution in [2.45, 2.75) is 6.61 Å². The zero-order valence-electron chi connectivity index (χ0n) is 10.6. The number of anilines is 1. The molecule has 0 radical (unpaired) electrons. The summed E-state index contributed by atoms with van der Waals surface area (Å²) in [6.45, 7) is 0.190. The minimum absolute atomic E-state index is 0.190. The van der Waals surface area contributed by atoms with Crippen LogP contribution in [0, 0.1) is 0 Å². The highest BCUT2D eigenvalue weighted by Crippen LogP contribution is 2.12. The second kappa shape index (κ2) is 6.44. The Balaban J connectivity index is 1.83. The van der Waals surface area contributed by atoms with E-state index >= 15 is 0 Å². The first kappa shape index (κ1) is 13.0. The molecule has 0 spiro atoms. The maximum absolute atomic E-state index is 11.5. The van der Waals surface area contributed by atoms with Gasteiger partial charge in [0, 0.05) is 12.7 Å². The number of rotatable bonds is 4. The fourth-order valence-corrected chi connectivity index (χ4v) is 1.52. The van der Waals surface area contributed by atoms with Crippen LogP contribution in [0.2, 0.25) is 0 Å². The quantitative estimate of drug-likeness (QED) is 0.673. The van der Waals surface area contributed by atoms with E-state index in [0.717, 1.165) is 11.3 Å². The maximum atomic E-state index is 11.5. The fourth-order valence-electron chi connectivity index (χ4n) is 1.52. The number of carbonyl (C=O) groups excluding carboxylic acids is 1. The lowest BCUT2D eigenvalue weighted by Crippen LogP contribution is -2.10. The van der Waals surface area contributed by atoms with Gasteiger partial charge < -0.3 is 14.8 Å². The van der Waals surface area contributed by atoms with Crippen molar-refractivity contribution in [1.29, 1.82) is 0 Å². The van der Waals surface area contributed by atoms with E-state index in [1.54, 1.807) is 24.3 Å². The number of benzene rings is 2. The molecule has 0 aliphatic heterocycles. The molecule has 98 valence electrons. The molecule has 4 heteroatoms. The summed E-state index contributed by atoms with van der Waals surface area (Å²) in [5.41, 5.74) is 1.92. The number of ether oxygens (including phenoxy) is 2. The van der Waals surface area contributed by atoms with Crippen molar-refractivity contribution in [3.63, 3.8) is 0 Å². The first-order valence-corrected chi connectivity index (χ1v) is 5.94. The molecule has 0 aliphatic carbocycles. The zero-order chi connectivity index (χ0) is 13.5. The molecular weight excluding hydrogens is 242 g/mol. The Kier molecular flexibility index (Phi) is 4.39. The summed E-state index contributed by atoms with van der Waals surface area (Å²) < 4.78 is 10.0. The third-order valence-electron chi connectivity index (χ3n) is 2.54. The van der Waals surface area contributed by atoms with Gasteiger partial charge in [-0.2, -0.15) is 0 Å². The van der Waals surface area contributed by atoms with Crippen LogP contribution in [0.1, 0.15) is 5.56 Å². The fraction of sp³-hybridized carbons (Fsp3) is 0.133. The van der Waals surface area contributed by atoms with Crippen LogP contribution in [-0.4, -0.2) is 13.2 Å². The van der Waals surface area contributed by atoms with E-state index < -0.39 is 6.16 Å². The van der Waals surface area contributed by atoms with Gasteiger partial charge >= 0.3 is 6.16 Å². The normalized spacial score (nSPS) is 9.74. The Labute approximate surface area is 112 Å². The largest absolute Gasteiger partial charge is 0.514 e.